The van der Waals surface area contributed by atoms with Crippen LogP contribution in [0.1, 0.15) is 5.69 Å². The zero-order valence-corrected chi connectivity index (χ0v) is 9.01. The van der Waals surface area contributed by atoms with Crippen LogP contribution in [0.2, 0.25) is 0 Å². The minimum absolute atomic E-state index is 0.171. The van der Waals surface area contributed by atoms with Crippen LogP contribution < -0.4 is 5.56 Å². The van der Waals surface area contributed by atoms with Gasteiger partial charge in [0.05, 0.1) is 3.70 Å². The first kappa shape index (κ1) is 10.5. The summed E-state index contributed by atoms with van der Waals surface area (Å²) in [5.74, 6) is 0. The minimum Gasteiger partial charge on any atom is -0.355 e. The third-order valence-corrected chi connectivity index (χ3v) is 2.29. The van der Waals surface area contributed by atoms with E-state index in [1.54, 1.807) is 22.6 Å². The lowest BCUT2D eigenvalue weighted by molar-refractivity contribution is -0.141. The van der Waals surface area contributed by atoms with Gasteiger partial charge in [-0.05, 0) is 22.6 Å². The van der Waals surface area contributed by atoms with Crippen molar-refractivity contribution < 1.29 is 17.7 Å². The summed E-state index contributed by atoms with van der Waals surface area (Å²) in [6.07, 6.45) is -4.69. The number of aromatic nitrogens is 2. The molecule has 0 bridgehead atoms. The zero-order valence-electron chi connectivity index (χ0n) is 6.85. The maximum absolute atomic E-state index is 12.4. The predicted molar refractivity (Wildman–Crippen MR) is 52.3 cm³/mol. The molecule has 2 heterocycles. The summed E-state index contributed by atoms with van der Waals surface area (Å²) in [6, 6.07) is 1.28. The van der Waals surface area contributed by atoms with Crippen LogP contribution in [-0.4, -0.2) is 10.1 Å². The summed E-state index contributed by atoms with van der Waals surface area (Å²) in [4.78, 5) is 13.5. The van der Waals surface area contributed by atoms with Crippen LogP contribution >= 0.6 is 22.6 Å². The van der Waals surface area contributed by atoms with E-state index in [2.05, 4.69) is 14.7 Å². The van der Waals surface area contributed by atoms with Gasteiger partial charge in [0.2, 0.25) is 5.69 Å². The summed E-state index contributed by atoms with van der Waals surface area (Å²) in [5, 5.41) is 2.28. The van der Waals surface area contributed by atoms with Crippen LogP contribution in [-0.2, 0) is 6.18 Å². The average Bonchev–Trinajstić information content (AvgIpc) is 2.45. The Labute approximate surface area is 93.6 Å². The molecular weight excluding hydrogens is 328 g/mol. The Morgan fingerprint density at radius 2 is 2.13 bits per heavy atom. The average molecular weight is 330 g/mol. The molecule has 0 fully saturated rings. The van der Waals surface area contributed by atoms with Crippen LogP contribution in [0.15, 0.2) is 15.4 Å². The summed E-state index contributed by atoms with van der Waals surface area (Å²) < 4.78 is 41.9. The van der Waals surface area contributed by atoms with Crippen molar-refractivity contribution in [2.45, 2.75) is 6.18 Å². The van der Waals surface area contributed by atoms with Gasteiger partial charge >= 0.3 is 6.18 Å². The second kappa shape index (κ2) is 3.22. The van der Waals surface area contributed by atoms with Crippen LogP contribution in [0.3, 0.4) is 0 Å². The molecule has 1 N–H and O–H groups in total. The molecule has 2 aromatic heterocycles. The quantitative estimate of drug-likeness (QED) is 0.595. The fourth-order valence-electron chi connectivity index (χ4n) is 1.14. The van der Waals surface area contributed by atoms with Crippen LogP contribution in [0, 0.1) is 3.70 Å². The number of hydrogen-bond acceptors (Lipinski definition) is 3. The van der Waals surface area contributed by atoms with Gasteiger partial charge in [-0.1, -0.05) is 5.16 Å². The summed E-state index contributed by atoms with van der Waals surface area (Å²) in [5.41, 5.74) is -2.32. The number of hydrogen-bond donors (Lipinski definition) is 1. The van der Waals surface area contributed by atoms with E-state index in [1.807, 2.05) is 0 Å². The Bertz CT molecular complexity index is 572. The lowest BCUT2D eigenvalue weighted by atomic mass is 10.2. The van der Waals surface area contributed by atoms with Crippen LogP contribution in [0.25, 0.3) is 11.0 Å². The molecule has 0 radical (unpaired) electrons. The van der Waals surface area contributed by atoms with E-state index in [-0.39, 0.29) is 5.58 Å². The number of nitrogens with zero attached hydrogens (tertiary/aromatic N) is 1. The minimum atomic E-state index is -4.69. The molecule has 0 aliphatic heterocycles. The van der Waals surface area contributed by atoms with Crippen LogP contribution in [0.4, 0.5) is 13.2 Å². The Kier molecular flexibility index (Phi) is 2.24. The molecule has 0 spiro atoms. The van der Waals surface area contributed by atoms with Gasteiger partial charge < -0.3 is 9.51 Å². The van der Waals surface area contributed by atoms with Gasteiger partial charge in [-0.2, -0.15) is 13.2 Å². The number of rotatable bonds is 0. The summed E-state index contributed by atoms with van der Waals surface area (Å²) in [6.45, 7) is 0. The molecule has 0 saturated heterocycles. The molecule has 0 atom stereocenters. The van der Waals surface area contributed by atoms with E-state index in [4.69, 9.17) is 0 Å². The van der Waals surface area contributed by atoms with E-state index in [9.17, 15) is 18.0 Å². The molecule has 80 valence electrons. The third-order valence-electron chi connectivity index (χ3n) is 1.70. The maximum Gasteiger partial charge on any atom is 0.437 e. The number of pyridine rings is 1. The van der Waals surface area contributed by atoms with Crippen molar-refractivity contribution in [3.8, 4) is 0 Å². The molecule has 4 nitrogen and oxygen atoms in total. The molecule has 0 amide bonds. The molecule has 8 heteroatoms. The molecule has 0 unspecified atom stereocenters. The fraction of sp³-hybridized carbons (Fsp3) is 0.143. The van der Waals surface area contributed by atoms with Crippen molar-refractivity contribution in [1.82, 2.24) is 10.1 Å². The fourth-order valence-corrected chi connectivity index (χ4v) is 1.66. The van der Waals surface area contributed by atoms with Gasteiger partial charge in [0.1, 0.15) is 5.39 Å². The first-order valence-electron chi connectivity index (χ1n) is 3.65. The molecule has 15 heavy (non-hydrogen) atoms. The van der Waals surface area contributed by atoms with Gasteiger partial charge in [-0.15, -0.1) is 0 Å². The van der Waals surface area contributed by atoms with Gasteiger partial charge in [0.25, 0.3) is 5.56 Å². The number of alkyl halides is 3. The third kappa shape index (κ3) is 1.73. The maximum atomic E-state index is 12.4. The van der Waals surface area contributed by atoms with Gasteiger partial charge in [0, 0.05) is 6.07 Å². The number of aromatic amines is 1. The first-order chi connectivity index (χ1) is 6.89. The predicted octanol–water partition coefficient (Wildman–Crippen LogP) is 2.14. The number of fused-ring (bicyclic) bond motifs is 1. The van der Waals surface area contributed by atoms with Crippen molar-refractivity contribution in [2.24, 2.45) is 0 Å². The monoisotopic (exact) mass is 330 g/mol. The number of halogens is 4. The normalized spacial score (nSPS) is 12.3. The molecule has 2 aromatic rings. The molecule has 2 rings (SSSR count). The Balaban J connectivity index is 2.87. The number of H-pyrrole nitrogens is 1. The largest absolute Gasteiger partial charge is 0.437 e. The lowest BCUT2D eigenvalue weighted by Gasteiger charge is -1.99. The SMILES string of the molecule is O=c1[nH]c(I)cc2onc(C(F)(F)F)c12. The highest BCUT2D eigenvalue weighted by Crippen LogP contribution is 2.32. The number of nitrogens with one attached hydrogen (secondary N) is 1. The van der Waals surface area contributed by atoms with Crippen molar-refractivity contribution >= 4 is 33.6 Å². The molecule has 0 aliphatic carbocycles. The molecular formula is C7H2F3IN2O2. The van der Waals surface area contributed by atoms with Crippen molar-refractivity contribution in [3.05, 3.63) is 25.8 Å². The zero-order chi connectivity index (χ0) is 11.2. The lowest BCUT2D eigenvalue weighted by Crippen LogP contribution is -2.13. The second-order valence-electron chi connectivity index (χ2n) is 2.71. The highest BCUT2D eigenvalue weighted by molar-refractivity contribution is 14.1. The van der Waals surface area contributed by atoms with E-state index in [0.717, 1.165) is 0 Å². The van der Waals surface area contributed by atoms with E-state index in [0.29, 0.717) is 3.70 Å². The summed E-state index contributed by atoms with van der Waals surface area (Å²) in [7, 11) is 0. The van der Waals surface area contributed by atoms with E-state index < -0.39 is 22.8 Å². The van der Waals surface area contributed by atoms with Gasteiger partial charge in [0.15, 0.2) is 5.58 Å². The van der Waals surface area contributed by atoms with Crippen molar-refractivity contribution in [1.29, 1.82) is 0 Å². The second-order valence-corrected chi connectivity index (χ2v) is 3.88. The Morgan fingerprint density at radius 3 is 2.73 bits per heavy atom. The van der Waals surface area contributed by atoms with E-state index >= 15 is 0 Å². The summed E-state index contributed by atoms with van der Waals surface area (Å²) >= 11 is 1.76. The smallest absolute Gasteiger partial charge is 0.355 e. The first-order valence-corrected chi connectivity index (χ1v) is 4.73. The van der Waals surface area contributed by atoms with Crippen molar-refractivity contribution in [2.75, 3.05) is 0 Å². The molecule has 0 aliphatic rings. The van der Waals surface area contributed by atoms with Gasteiger partial charge in [-0.25, -0.2) is 0 Å². The molecule has 0 aromatic carbocycles. The van der Waals surface area contributed by atoms with Gasteiger partial charge in [-0.3, -0.25) is 4.79 Å². The molecule has 0 saturated carbocycles. The van der Waals surface area contributed by atoms with Crippen molar-refractivity contribution in [3.63, 3.8) is 0 Å². The topological polar surface area (TPSA) is 58.9 Å². The Morgan fingerprint density at radius 1 is 1.47 bits per heavy atom. The standard InChI is InChI=1S/C7H2F3IN2O2/c8-7(9,10)5-4-2(15-13-5)1-3(11)12-6(4)14/h1H,(H,12,14). The van der Waals surface area contributed by atoms with Crippen LogP contribution in [0.5, 0.6) is 0 Å². The highest BCUT2D eigenvalue weighted by atomic mass is 127. The highest BCUT2D eigenvalue weighted by Gasteiger charge is 2.38. The Hall–Kier alpha value is -1.06. The van der Waals surface area contributed by atoms with E-state index in [1.165, 1.54) is 6.07 Å².